The molecule has 6 rings (SSSR count). The molecule has 1 aromatic heterocycles. The van der Waals surface area contributed by atoms with Crippen LogP contribution in [-0.4, -0.2) is 21.2 Å². The zero-order valence-corrected chi connectivity index (χ0v) is 17.4. The van der Waals surface area contributed by atoms with Gasteiger partial charge in [0.25, 0.3) is 0 Å². The minimum Gasteiger partial charge on any atom is -0.228 e. The van der Waals surface area contributed by atoms with E-state index in [4.69, 9.17) is 0 Å². The fraction of sp³-hybridized carbons (Fsp3) is 0.231. The van der Waals surface area contributed by atoms with E-state index in [9.17, 15) is 13.2 Å². The molecule has 0 radical (unpaired) electrons. The second-order valence-corrected chi connectivity index (χ2v) is 8.77. The standard InChI is InChI=1S/C26H20F3N3/c1-17-8-7-9-18(16-17)22-23-20-12-5-6-13-21(20)25(32(23)31-30-22,19-10-3-2-4-11-19)24(14-15-24)26(27,28)29/h2-13,16H,14-15H2,1H3. The Balaban J connectivity index is 1.74. The van der Waals surface area contributed by atoms with Gasteiger partial charge in [0.05, 0.1) is 11.1 Å². The number of halogens is 3. The number of hydrogen-bond donors (Lipinski definition) is 0. The minimum absolute atomic E-state index is 0.0544. The summed E-state index contributed by atoms with van der Waals surface area (Å²) in [6.45, 7) is 1.98. The van der Waals surface area contributed by atoms with Gasteiger partial charge in [-0.05, 0) is 37.0 Å². The Morgan fingerprint density at radius 1 is 0.875 bits per heavy atom. The van der Waals surface area contributed by atoms with Gasteiger partial charge >= 0.3 is 6.18 Å². The first kappa shape index (κ1) is 19.3. The first-order chi connectivity index (χ1) is 15.4. The van der Waals surface area contributed by atoms with E-state index < -0.39 is 17.1 Å². The quantitative estimate of drug-likeness (QED) is 0.377. The van der Waals surface area contributed by atoms with Crippen LogP contribution in [0.3, 0.4) is 0 Å². The highest BCUT2D eigenvalue weighted by Crippen LogP contribution is 2.72. The lowest BCUT2D eigenvalue weighted by atomic mass is 9.70. The largest absolute Gasteiger partial charge is 0.397 e. The van der Waals surface area contributed by atoms with Gasteiger partial charge < -0.3 is 0 Å². The molecule has 1 unspecified atom stereocenters. The van der Waals surface area contributed by atoms with Crippen molar-refractivity contribution in [2.45, 2.75) is 31.5 Å². The normalized spacial score (nSPS) is 20.6. The summed E-state index contributed by atoms with van der Waals surface area (Å²) >= 11 is 0. The van der Waals surface area contributed by atoms with Crippen molar-refractivity contribution >= 4 is 0 Å². The molecule has 0 amide bonds. The Morgan fingerprint density at radius 3 is 2.28 bits per heavy atom. The van der Waals surface area contributed by atoms with Crippen molar-refractivity contribution in [2.75, 3.05) is 0 Å². The van der Waals surface area contributed by atoms with Crippen LogP contribution >= 0.6 is 0 Å². The van der Waals surface area contributed by atoms with Gasteiger partial charge in [-0.3, -0.25) is 0 Å². The second kappa shape index (κ2) is 6.31. The first-order valence-electron chi connectivity index (χ1n) is 10.7. The van der Waals surface area contributed by atoms with Gasteiger partial charge in [-0.25, -0.2) is 4.68 Å². The molecule has 1 atom stereocenters. The summed E-state index contributed by atoms with van der Waals surface area (Å²) in [6.07, 6.45) is -4.29. The van der Waals surface area contributed by atoms with Crippen LogP contribution in [-0.2, 0) is 5.54 Å². The van der Waals surface area contributed by atoms with Crippen LogP contribution in [0.25, 0.3) is 22.5 Å². The Bertz CT molecular complexity index is 1340. The van der Waals surface area contributed by atoms with Crippen molar-refractivity contribution in [3.05, 3.63) is 95.6 Å². The van der Waals surface area contributed by atoms with Gasteiger partial charge in [-0.15, -0.1) is 5.10 Å². The molecule has 3 nitrogen and oxygen atoms in total. The van der Waals surface area contributed by atoms with Crippen LogP contribution in [0.4, 0.5) is 13.2 Å². The van der Waals surface area contributed by atoms with Crippen molar-refractivity contribution in [3.63, 3.8) is 0 Å². The number of aryl methyl sites for hydroxylation is 1. The van der Waals surface area contributed by atoms with E-state index in [-0.39, 0.29) is 12.8 Å². The maximum Gasteiger partial charge on any atom is 0.397 e. The van der Waals surface area contributed by atoms with Gasteiger partial charge in [0.2, 0.25) is 0 Å². The van der Waals surface area contributed by atoms with E-state index in [1.165, 1.54) is 0 Å². The molecule has 6 heteroatoms. The number of nitrogens with zero attached hydrogens (tertiary/aromatic N) is 3. The van der Waals surface area contributed by atoms with Crippen molar-refractivity contribution in [1.29, 1.82) is 0 Å². The summed E-state index contributed by atoms with van der Waals surface area (Å²) in [5, 5.41) is 8.87. The molecule has 1 fully saturated rings. The molecule has 160 valence electrons. The maximum atomic E-state index is 14.8. The third-order valence-corrected chi connectivity index (χ3v) is 7.03. The van der Waals surface area contributed by atoms with Gasteiger partial charge in [0.1, 0.15) is 11.2 Å². The average Bonchev–Trinajstić information content (AvgIpc) is 3.41. The van der Waals surface area contributed by atoms with Gasteiger partial charge in [0.15, 0.2) is 0 Å². The average molecular weight is 431 g/mol. The van der Waals surface area contributed by atoms with Crippen molar-refractivity contribution in [1.82, 2.24) is 15.0 Å². The van der Waals surface area contributed by atoms with E-state index in [2.05, 4.69) is 10.3 Å². The summed E-state index contributed by atoms with van der Waals surface area (Å²) in [6, 6.07) is 24.2. The van der Waals surface area contributed by atoms with Gasteiger partial charge in [-0.1, -0.05) is 83.6 Å². The zero-order valence-electron chi connectivity index (χ0n) is 17.4. The Kier molecular flexibility index (Phi) is 3.80. The highest BCUT2D eigenvalue weighted by molar-refractivity contribution is 5.85. The fourth-order valence-corrected chi connectivity index (χ4v) is 5.53. The van der Waals surface area contributed by atoms with E-state index >= 15 is 0 Å². The van der Waals surface area contributed by atoms with E-state index in [1.54, 1.807) is 28.9 Å². The topological polar surface area (TPSA) is 30.7 Å². The summed E-state index contributed by atoms with van der Waals surface area (Å²) in [5.74, 6) is 0. The molecule has 32 heavy (non-hydrogen) atoms. The van der Waals surface area contributed by atoms with Crippen LogP contribution in [0.1, 0.15) is 29.5 Å². The molecule has 2 heterocycles. The smallest absolute Gasteiger partial charge is 0.228 e. The number of hydrogen-bond acceptors (Lipinski definition) is 2. The minimum atomic E-state index is -4.40. The Morgan fingerprint density at radius 2 is 1.59 bits per heavy atom. The molecule has 0 bridgehead atoms. The van der Waals surface area contributed by atoms with Crippen molar-refractivity contribution in [3.8, 4) is 22.5 Å². The zero-order chi connectivity index (χ0) is 22.1. The molecule has 2 aliphatic rings. The maximum absolute atomic E-state index is 14.8. The summed E-state index contributed by atoms with van der Waals surface area (Å²) in [7, 11) is 0. The number of aromatic nitrogens is 3. The second-order valence-electron chi connectivity index (χ2n) is 8.77. The fourth-order valence-electron chi connectivity index (χ4n) is 5.53. The molecule has 1 aliphatic carbocycles. The number of fused-ring (bicyclic) bond motifs is 3. The Labute approximate surface area is 183 Å². The lowest BCUT2D eigenvalue weighted by molar-refractivity contribution is -0.208. The third-order valence-electron chi connectivity index (χ3n) is 7.03. The summed E-state index contributed by atoms with van der Waals surface area (Å²) < 4.78 is 45.9. The predicted octanol–water partition coefficient (Wildman–Crippen LogP) is 6.37. The van der Waals surface area contributed by atoms with Crippen molar-refractivity contribution < 1.29 is 13.2 Å². The van der Waals surface area contributed by atoms with Crippen LogP contribution in [0, 0.1) is 12.3 Å². The molecule has 0 saturated heterocycles. The molecule has 0 N–H and O–H groups in total. The van der Waals surface area contributed by atoms with E-state index in [0.29, 0.717) is 22.5 Å². The molecule has 4 aromatic rings. The highest BCUT2D eigenvalue weighted by Gasteiger charge is 2.77. The lowest BCUT2D eigenvalue weighted by Gasteiger charge is -2.41. The molecular weight excluding hydrogens is 411 g/mol. The SMILES string of the molecule is Cc1cccc(-c2nnn3c2-c2ccccc2C3(c2ccccc2)C2(C(F)(F)F)CC2)c1. The lowest BCUT2D eigenvalue weighted by Crippen LogP contribution is -2.50. The molecule has 3 aromatic carbocycles. The monoisotopic (exact) mass is 431 g/mol. The molecule has 0 spiro atoms. The number of benzene rings is 3. The third kappa shape index (κ3) is 2.27. The first-order valence-corrected chi connectivity index (χ1v) is 10.7. The van der Waals surface area contributed by atoms with Gasteiger partial charge in [-0.2, -0.15) is 13.2 Å². The van der Waals surface area contributed by atoms with Crippen LogP contribution in [0.5, 0.6) is 0 Å². The van der Waals surface area contributed by atoms with Crippen LogP contribution in [0.2, 0.25) is 0 Å². The number of rotatable bonds is 3. The molecular formula is C26H20F3N3. The van der Waals surface area contributed by atoms with E-state index in [0.717, 1.165) is 16.7 Å². The van der Waals surface area contributed by atoms with Crippen LogP contribution in [0.15, 0.2) is 78.9 Å². The molecule has 1 aliphatic heterocycles. The van der Waals surface area contributed by atoms with E-state index in [1.807, 2.05) is 61.5 Å². The Hall–Kier alpha value is -3.41. The van der Waals surface area contributed by atoms with Crippen LogP contribution < -0.4 is 0 Å². The molecule has 1 saturated carbocycles. The summed E-state index contributed by atoms with van der Waals surface area (Å²) in [4.78, 5) is 0. The highest BCUT2D eigenvalue weighted by atomic mass is 19.4. The number of alkyl halides is 3. The predicted molar refractivity (Wildman–Crippen MR) is 116 cm³/mol. The van der Waals surface area contributed by atoms with Gasteiger partial charge in [0, 0.05) is 11.1 Å². The summed E-state index contributed by atoms with van der Waals surface area (Å²) in [5.41, 5.74) is 1.71. The van der Waals surface area contributed by atoms with Crippen molar-refractivity contribution in [2.24, 2.45) is 5.41 Å².